The minimum absolute atomic E-state index is 0. The molecule has 0 aliphatic heterocycles. The number of aliphatic hydroxyl groups is 1. The number of likely N-dealkylation sites (N-methyl/N-ethyl adjacent to an activating group) is 1. The van der Waals surface area contributed by atoms with Crippen molar-refractivity contribution < 1.29 is 9.52 Å². The quantitative estimate of drug-likeness (QED) is 0.280. The monoisotopic (exact) mass is 500 g/mol. The summed E-state index contributed by atoms with van der Waals surface area (Å²) in [5.74, 6) is 1.20. The van der Waals surface area contributed by atoms with Crippen LogP contribution in [0.15, 0.2) is 58.1 Å². The maximum atomic E-state index is 10.6. The first-order chi connectivity index (χ1) is 12.9. The van der Waals surface area contributed by atoms with Crippen molar-refractivity contribution in [1.82, 2.24) is 15.5 Å². The van der Waals surface area contributed by atoms with Crippen molar-refractivity contribution in [1.29, 1.82) is 0 Å². The van der Waals surface area contributed by atoms with E-state index in [4.69, 9.17) is 4.42 Å². The molecular formula is C21H33IN4O2. The molecule has 1 heterocycles. The molecule has 0 bridgehead atoms. The minimum Gasteiger partial charge on any atom is -0.466 e. The second-order valence-electron chi connectivity index (χ2n) is 7.08. The first kappa shape index (κ1) is 24.5. The van der Waals surface area contributed by atoms with Gasteiger partial charge in [0.1, 0.15) is 11.4 Å². The lowest BCUT2D eigenvalue weighted by molar-refractivity contribution is 0.0437. The average Bonchev–Trinajstić information content (AvgIpc) is 3.20. The second-order valence-corrected chi connectivity index (χ2v) is 7.08. The van der Waals surface area contributed by atoms with E-state index in [2.05, 4.69) is 58.8 Å². The lowest BCUT2D eigenvalue weighted by atomic mass is 10.0. The standard InChI is InChI=1S/C21H32N4O2.HI/c1-5-22-20(24-16-21(3,26)19-12-9-13-27-19)23-14-17(2)25(4)15-18-10-7-6-8-11-18;/h6-13,17,26H,5,14-16H2,1-4H3,(H2,22,23,24);1H. The average molecular weight is 500 g/mol. The highest BCUT2D eigenvalue weighted by Gasteiger charge is 2.26. The van der Waals surface area contributed by atoms with Crippen LogP contribution in [0.5, 0.6) is 0 Å². The van der Waals surface area contributed by atoms with Crippen LogP contribution >= 0.6 is 24.0 Å². The lowest BCUT2D eigenvalue weighted by Gasteiger charge is -2.26. The minimum atomic E-state index is -1.14. The van der Waals surface area contributed by atoms with Crippen molar-refractivity contribution in [2.24, 2.45) is 4.99 Å². The zero-order chi connectivity index (χ0) is 19.7. The summed E-state index contributed by atoms with van der Waals surface area (Å²) < 4.78 is 5.31. The van der Waals surface area contributed by atoms with E-state index in [1.54, 1.807) is 25.3 Å². The van der Waals surface area contributed by atoms with Crippen LogP contribution in [-0.2, 0) is 12.1 Å². The Morgan fingerprint density at radius 3 is 2.54 bits per heavy atom. The maximum Gasteiger partial charge on any atom is 0.191 e. The Hall–Kier alpha value is -1.58. The van der Waals surface area contributed by atoms with E-state index >= 15 is 0 Å². The number of benzene rings is 1. The normalized spacial score (nSPS) is 14.9. The van der Waals surface area contributed by atoms with Gasteiger partial charge in [-0.1, -0.05) is 30.3 Å². The van der Waals surface area contributed by atoms with Crippen molar-refractivity contribution in [2.75, 3.05) is 26.7 Å². The number of aliphatic imine (C=N–C) groups is 1. The van der Waals surface area contributed by atoms with Gasteiger partial charge in [0, 0.05) is 25.7 Å². The molecule has 28 heavy (non-hydrogen) atoms. The molecule has 1 aromatic carbocycles. The van der Waals surface area contributed by atoms with Gasteiger partial charge in [0.15, 0.2) is 5.96 Å². The number of rotatable bonds is 9. The molecule has 0 spiro atoms. The highest BCUT2D eigenvalue weighted by atomic mass is 127. The molecule has 156 valence electrons. The number of nitrogens with one attached hydrogen (secondary N) is 2. The number of hydrogen-bond donors (Lipinski definition) is 3. The number of hydrogen-bond acceptors (Lipinski definition) is 4. The van der Waals surface area contributed by atoms with E-state index in [0.717, 1.165) is 19.6 Å². The number of nitrogens with zero attached hydrogens (tertiary/aromatic N) is 2. The zero-order valence-electron chi connectivity index (χ0n) is 17.2. The zero-order valence-corrected chi connectivity index (χ0v) is 19.5. The van der Waals surface area contributed by atoms with Gasteiger partial charge in [-0.15, -0.1) is 24.0 Å². The van der Waals surface area contributed by atoms with Crippen LogP contribution in [0.3, 0.4) is 0 Å². The number of furan rings is 1. The van der Waals surface area contributed by atoms with E-state index in [1.807, 2.05) is 13.0 Å². The Labute approximate surface area is 185 Å². The van der Waals surface area contributed by atoms with Crippen LogP contribution in [-0.4, -0.2) is 48.7 Å². The predicted octanol–water partition coefficient (Wildman–Crippen LogP) is 3.18. The third kappa shape index (κ3) is 7.81. The van der Waals surface area contributed by atoms with Crippen molar-refractivity contribution in [3.05, 3.63) is 60.1 Å². The summed E-state index contributed by atoms with van der Waals surface area (Å²) in [4.78, 5) is 6.82. The number of halogens is 1. The Bertz CT molecular complexity index is 690. The van der Waals surface area contributed by atoms with Crippen molar-refractivity contribution in [2.45, 2.75) is 39.0 Å². The van der Waals surface area contributed by atoms with E-state index in [9.17, 15) is 5.11 Å². The third-order valence-corrected chi connectivity index (χ3v) is 4.53. The summed E-state index contributed by atoms with van der Waals surface area (Å²) in [6, 6.07) is 14.3. The Balaban J connectivity index is 0.00000392. The van der Waals surface area contributed by atoms with Gasteiger partial charge >= 0.3 is 0 Å². The molecule has 0 amide bonds. The molecule has 2 atom stereocenters. The fourth-order valence-corrected chi connectivity index (χ4v) is 2.67. The van der Waals surface area contributed by atoms with Gasteiger partial charge in [-0.3, -0.25) is 4.90 Å². The van der Waals surface area contributed by atoms with E-state index in [1.165, 1.54) is 5.56 Å². The predicted molar refractivity (Wildman–Crippen MR) is 125 cm³/mol. The molecular weight excluding hydrogens is 467 g/mol. The van der Waals surface area contributed by atoms with Crippen LogP contribution < -0.4 is 10.6 Å². The van der Waals surface area contributed by atoms with Crippen LogP contribution in [0.25, 0.3) is 0 Å². The van der Waals surface area contributed by atoms with Gasteiger partial charge in [-0.25, -0.2) is 4.99 Å². The van der Waals surface area contributed by atoms with Crippen molar-refractivity contribution in [3.63, 3.8) is 0 Å². The van der Waals surface area contributed by atoms with Crippen LogP contribution in [0.2, 0.25) is 0 Å². The molecule has 2 rings (SSSR count). The maximum absolute atomic E-state index is 10.6. The molecule has 0 aliphatic rings. The van der Waals surface area contributed by atoms with Gasteiger partial charge < -0.3 is 20.2 Å². The first-order valence-electron chi connectivity index (χ1n) is 9.45. The van der Waals surface area contributed by atoms with Crippen molar-refractivity contribution in [3.8, 4) is 0 Å². The summed E-state index contributed by atoms with van der Waals surface area (Å²) in [7, 11) is 2.12. The molecule has 0 saturated heterocycles. The van der Waals surface area contributed by atoms with Crippen molar-refractivity contribution >= 4 is 29.9 Å². The molecule has 2 unspecified atom stereocenters. The molecule has 0 aliphatic carbocycles. The van der Waals surface area contributed by atoms with Gasteiger partial charge in [-0.05, 0) is 45.5 Å². The lowest BCUT2D eigenvalue weighted by Crippen LogP contribution is -2.45. The highest BCUT2D eigenvalue weighted by molar-refractivity contribution is 14.0. The molecule has 6 nitrogen and oxygen atoms in total. The van der Waals surface area contributed by atoms with Crippen LogP contribution in [0.4, 0.5) is 0 Å². The molecule has 0 radical (unpaired) electrons. The van der Waals surface area contributed by atoms with Gasteiger partial charge in [-0.2, -0.15) is 0 Å². The fraction of sp³-hybridized carbons (Fsp3) is 0.476. The van der Waals surface area contributed by atoms with Crippen LogP contribution in [0, 0.1) is 0 Å². The van der Waals surface area contributed by atoms with E-state index in [-0.39, 0.29) is 30.5 Å². The summed E-state index contributed by atoms with van der Waals surface area (Å²) >= 11 is 0. The third-order valence-electron chi connectivity index (χ3n) is 4.53. The van der Waals surface area contributed by atoms with Gasteiger partial charge in [0.2, 0.25) is 0 Å². The summed E-state index contributed by atoms with van der Waals surface area (Å²) in [6.07, 6.45) is 1.56. The fourth-order valence-electron chi connectivity index (χ4n) is 2.67. The highest BCUT2D eigenvalue weighted by Crippen LogP contribution is 2.21. The molecule has 7 heteroatoms. The summed E-state index contributed by atoms with van der Waals surface area (Å²) in [5.41, 5.74) is 0.156. The van der Waals surface area contributed by atoms with Gasteiger partial charge in [0.25, 0.3) is 0 Å². The molecule has 2 aromatic rings. The first-order valence-corrected chi connectivity index (χ1v) is 9.45. The smallest absolute Gasteiger partial charge is 0.191 e. The largest absolute Gasteiger partial charge is 0.466 e. The summed E-state index contributed by atoms with van der Waals surface area (Å²) in [6.45, 7) is 8.51. The van der Waals surface area contributed by atoms with Crippen LogP contribution in [0.1, 0.15) is 32.1 Å². The molecule has 3 N–H and O–H groups in total. The molecule has 1 aromatic heterocycles. The van der Waals surface area contributed by atoms with Gasteiger partial charge in [0.05, 0.1) is 12.8 Å². The SMILES string of the molecule is CCNC(=NCC(C)(O)c1ccco1)NCC(C)N(C)Cc1ccccc1.I. The van der Waals surface area contributed by atoms with E-state index in [0.29, 0.717) is 17.8 Å². The van der Waals surface area contributed by atoms with E-state index < -0.39 is 5.60 Å². The topological polar surface area (TPSA) is 73.0 Å². The Morgan fingerprint density at radius 1 is 1.21 bits per heavy atom. The summed E-state index contributed by atoms with van der Waals surface area (Å²) in [5, 5.41) is 17.1. The Kier molecular flexibility index (Phi) is 10.6. The molecule has 0 saturated carbocycles. The number of guanidine groups is 1. The Morgan fingerprint density at radius 2 is 1.93 bits per heavy atom. The second kappa shape index (κ2) is 12.1. The molecule has 0 fully saturated rings.